The van der Waals surface area contributed by atoms with Gasteiger partial charge in [-0.1, -0.05) is 279 Å². The molecule has 16 aromatic carbocycles. The van der Waals surface area contributed by atoms with E-state index in [9.17, 15) is 0 Å². The van der Waals surface area contributed by atoms with Crippen LogP contribution in [0.25, 0.3) is 143 Å². The van der Waals surface area contributed by atoms with E-state index >= 15 is 0 Å². The molecule has 442 valence electrons. The molecule has 18 aromatic rings. The lowest BCUT2D eigenvalue weighted by Crippen LogP contribution is -2.13. The van der Waals surface area contributed by atoms with Crippen LogP contribution in [0.3, 0.4) is 0 Å². The normalized spacial score (nSPS) is 11.7. The zero-order valence-corrected chi connectivity index (χ0v) is 51.9. The van der Waals surface area contributed by atoms with Crippen molar-refractivity contribution in [2.24, 2.45) is 0 Å². The van der Waals surface area contributed by atoms with Gasteiger partial charge in [0.1, 0.15) is 11.2 Å². The summed E-state index contributed by atoms with van der Waals surface area (Å²) < 4.78 is 14.9. The van der Waals surface area contributed by atoms with Crippen molar-refractivity contribution in [1.29, 1.82) is 0 Å². The summed E-state index contributed by atoms with van der Waals surface area (Å²) in [5.41, 5.74) is 25.2. The average molecular weight is 1200 g/mol. The molecule has 0 unspecified atom stereocenters. The lowest BCUT2D eigenvalue weighted by molar-refractivity contribution is 0.670. The zero-order chi connectivity index (χ0) is 62.4. The van der Waals surface area contributed by atoms with Crippen molar-refractivity contribution in [3.05, 3.63) is 339 Å². The van der Waals surface area contributed by atoms with Crippen molar-refractivity contribution in [3.8, 4) is 66.8 Å². The Morgan fingerprint density at radius 2 is 0.532 bits per heavy atom. The molecule has 18 rings (SSSR count). The van der Waals surface area contributed by atoms with Gasteiger partial charge in [0, 0.05) is 54.6 Å². The zero-order valence-electron chi connectivity index (χ0n) is 51.9. The van der Waals surface area contributed by atoms with E-state index in [4.69, 9.17) is 8.83 Å². The summed E-state index contributed by atoms with van der Waals surface area (Å²) in [7, 11) is 0. The van der Waals surface area contributed by atoms with Gasteiger partial charge in [-0.3, -0.25) is 0 Å². The molecule has 0 amide bonds. The maximum atomic E-state index is 7.44. The molecule has 2 heterocycles. The third-order valence-corrected chi connectivity index (χ3v) is 19.3. The smallest absolute Gasteiger partial charge is 0.159 e. The van der Waals surface area contributed by atoms with E-state index in [2.05, 4.69) is 351 Å². The Hall–Kier alpha value is -12.2. The minimum absolute atomic E-state index is 0.812. The first kappa shape index (κ1) is 54.7. The highest BCUT2D eigenvalue weighted by Crippen LogP contribution is 2.54. The van der Waals surface area contributed by atoms with E-state index in [1.54, 1.807) is 0 Å². The molecule has 0 aliphatic rings. The fraction of sp³-hybridized carbons (Fsp3) is 0.0222. The van der Waals surface area contributed by atoms with Crippen molar-refractivity contribution in [2.75, 3.05) is 9.80 Å². The van der Waals surface area contributed by atoms with Crippen LogP contribution >= 0.6 is 0 Å². The molecular formula is C90H60N2O2. The van der Waals surface area contributed by atoms with Crippen LogP contribution in [0.5, 0.6) is 0 Å². The second-order valence-electron chi connectivity index (χ2n) is 24.7. The van der Waals surface area contributed by atoms with Crippen LogP contribution in [0.2, 0.25) is 0 Å². The van der Waals surface area contributed by atoms with E-state index in [0.717, 1.165) is 166 Å². The lowest BCUT2D eigenvalue weighted by Gasteiger charge is -2.31. The molecule has 0 fully saturated rings. The summed E-state index contributed by atoms with van der Waals surface area (Å²) in [6.45, 7) is 4.36. The Morgan fingerprint density at radius 1 is 0.202 bits per heavy atom. The van der Waals surface area contributed by atoms with Crippen LogP contribution < -0.4 is 9.80 Å². The van der Waals surface area contributed by atoms with Crippen LogP contribution in [0.4, 0.5) is 34.1 Å². The van der Waals surface area contributed by atoms with Crippen molar-refractivity contribution >= 4 is 110 Å². The van der Waals surface area contributed by atoms with Gasteiger partial charge in [-0.05, 0) is 140 Å². The Labute approximate surface area is 545 Å². The Bertz CT molecular complexity index is 5580. The molecule has 0 N–H and O–H groups in total. The van der Waals surface area contributed by atoms with Gasteiger partial charge in [0.2, 0.25) is 0 Å². The molecule has 0 atom stereocenters. The number of benzene rings is 16. The SMILES string of the molecule is Cc1ccccc1-c1cccc2c1oc1c(N(c3ccc(-c4ccccc4)cc3-c3ccccc3)c3ccc4ccc5c(N(c6ccc(-c7ccccc7)cc6-c6ccccc6)c6cccc7c6oc6c(-c8ccccc8C)cccc67)ccc6ccc3c4c65)cccc12. The predicted octanol–water partition coefficient (Wildman–Crippen LogP) is 25.9. The third-order valence-electron chi connectivity index (χ3n) is 19.3. The molecule has 4 heteroatoms. The van der Waals surface area contributed by atoms with Crippen molar-refractivity contribution in [3.63, 3.8) is 0 Å². The van der Waals surface area contributed by atoms with E-state index in [1.165, 1.54) is 21.9 Å². The Morgan fingerprint density at radius 3 is 0.936 bits per heavy atom. The molecule has 0 radical (unpaired) electrons. The standard InChI is InChI=1S/C90H60N2O2/c1-57-23-15-17-33-67(57)69-35-19-37-71-73-39-21-41-83(89(73)93-87(69)71)91(81-53-47-65(59-25-7-3-8-26-59)55-77(81)61-29-11-5-12-30-61)79-51-45-63-44-50-76-80(52-46-64-43-49-75(79)85(63)86(64)76)92(82-54-48-66(60-27-9-4-10-28-60)56-78(82)62-31-13-6-14-32-62)84-42-22-40-74-72-38-20-36-70(88(72)94-90(74)84)68-34-18-16-24-58(68)2/h3-56H,1-2H3. The monoisotopic (exact) mass is 1200 g/mol. The molecule has 94 heavy (non-hydrogen) atoms. The molecule has 0 bridgehead atoms. The van der Waals surface area contributed by atoms with Gasteiger partial charge in [0.05, 0.1) is 34.1 Å². The quantitative estimate of drug-likeness (QED) is 0.114. The highest BCUT2D eigenvalue weighted by atomic mass is 16.3. The third kappa shape index (κ3) is 8.90. The molecule has 0 saturated carbocycles. The molecule has 0 saturated heterocycles. The minimum Gasteiger partial charge on any atom is -0.453 e. The van der Waals surface area contributed by atoms with E-state index < -0.39 is 0 Å². The van der Waals surface area contributed by atoms with Gasteiger partial charge < -0.3 is 18.6 Å². The lowest BCUT2D eigenvalue weighted by atomic mass is 9.90. The van der Waals surface area contributed by atoms with E-state index in [0.29, 0.717) is 0 Å². The van der Waals surface area contributed by atoms with Crippen molar-refractivity contribution in [2.45, 2.75) is 13.8 Å². The first-order chi connectivity index (χ1) is 46.5. The van der Waals surface area contributed by atoms with Crippen LogP contribution in [0.1, 0.15) is 11.1 Å². The minimum atomic E-state index is 0.812. The van der Waals surface area contributed by atoms with E-state index in [-0.39, 0.29) is 0 Å². The molecule has 4 nitrogen and oxygen atoms in total. The summed E-state index contributed by atoms with van der Waals surface area (Å²) >= 11 is 0. The maximum absolute atomic E-state index is 7.44. The average Bonchev–Trinajstić information content (AvgIpc) is 1.30. The Kier molecular flexibility index (Phi) is 13.0. The summed E-state index contributed by atoms with van der Waals surface area (Å²) in [4.78, 5) is 4.95. The number of furan rings is 2. The summed E-state index contributed by atoms with van der Waals surface area (Å²) in [5, 5.41) is 11.1. The number of rotatable bonds is 12. The highest BCUT2D eigenvalue weighted by molar-refractivity contribution is 6.29. The fourth-order valence-electron chi connectivity index (χ4n) is 14.9. The van der Waals surface area contributed by atoms with Crippen molar-refractivity contribution in [1.82, 2.24) is 0 Å². The summed E-state index contributed by atoms with van der Waals surface area (Å²) in [5.74, 6) is 0. The molecule has 0 spiro atoms. The van der Waals surface area contributed by atoms with Gasteiger partial charge in [0.25, 0.3) is 0 Å². The van der Waals surface area contributed by atoms with E-state index in [1.807, 2.05) is 0 Å². The maximum Gasteiger partial charge on any atom is 0.159 e. The molecular weight excluding hydrogens is 1140 g/mol. The molecule has 0 aliphatic heterocycles. The van der Waals surface area contributed by atoms with Crippen molar-refractivity contribution < 1.29 is 8.83 Å². The van der Waals surface area contributed by atoms with Crippen LogP contribution in [0.15, 0.2) is 336 Å². The van der Waals surface area contributed by atoms with Gasteiger partial charge in [0.15, 0.2) is 11.2 Å². The molecule has 2 aromatic heterocycles. The number of hydrogen-bond acceptors (Lipinski definition) is 4. The number of para-hydroxylation sites is 4. The number of anilines is 6. The first-order valence-electron chi connectivity index (χ1n) is 32.3. The predicted molar refractivity (Wildman–Crippen MR) is 396 cm³/mol. The summed E-state index contributed by atoms with van der Waals surface area (Å²) in [6.07, 6.45) is 0. The van der Waals surface area contributed by atoms with Crippen LogP contribution in [-0.4, -0.2) is 0 Å². The topological polar surface area (TPSA) is 32.8 Å². The largest absolute Gasteiger partial charge is 0.453 e. The van der Waals surface area contributed by atoms with Gasteiger partial charge in [-0.15, -0.1) is 0 Å². The van der Waals surface area contributed by atoms with Gasteiger partial charge in [-0.25, -0.2) is 0 Å². The second kappa shape index (κ2) is 22.3. The van der Waals surface area contributed by atoms with Gasteiger partial charge in [-0.2, -0.15) is 0 Å². The van der Waals surface area contributed by atoms with Gasteiger partial charge >= 0.3 is 0 Å². The number of aryl methyl sites for hydroxylation is 2. The Balaban J connectivity index is 0.917. The summed E-state index contributed by atoms with van der Waals surface area (Å²) in [6, 6.07) is 119. The highest BCUT2D eigenvalue weighted by Gasteiger charge is 2.29. The van der Waals surface area contributed by atoms with Crippen LogP contribution in [-0.2, 0) is 0 Å². The number of fused-ring (bicyclic) bond motifs is 6. The fourth-order valence-corrected chi connectivity index (χ4v) is 14.9. The first-order valence-corrected chi connectivity index (χ1v) is 32.3. The number of hydrogen-bond donors (Lipinski definition) is 0. The molecule has 0 aliphatic carbocycles. The second-order valence-corrected chi connectivity index (χ2v) is 24.7. The van der Waals surface area contributed by atoms with Crippen LogP contribution in [0, 0.1) is 13.8 Å². The number of nitrogens with zero attached hydrogens (tertiary/aromatic N) is 2.